The summed E-state index contributed by atoms with van der Waals surface area (Å²) in [6.45, 7) is 7.44. The highest BCUT2D eigenvalue weighted by atomic mass is 32.2. The molecule has 0 spiro atoms. The van der Waals surface area contributed by atoms with Gasteiger partial charge in [0.05, 0.1) is 22.1 Å². The minimum atomic E-state index is -0.894. The van der Waals surface area contributed by atoms with Crippen molar-refractivity contribution in [1.29, 1.82) is 0 Å². The van der Waals surface area contributed by atoms with Gasteiger partial charge in [-0.2, -0.15) is 0 Å². The maximum atomic E-state index is 13.5. The van der Waals surface area contributed by atoms with E-state index in [1.807, 2.05) is 61.7 Å². The van der Waals surface area contributed by atoms with Gasteiger partial charge in [0.15, 0.2) is 0 Å². The molecule has 0 aliphatic heterocycles. The number of carbonyl (C=O) groups is 3. The van der Waals surface area contributed by atoms with Gasteiger partial charge in [-0.25, -0.2) is 10.3 Å². The van der Waals surface area contributed by atoms with Gasteiger partial charge in [-0.3, -0.25) is 14.8 Å². The lowest BCUT2D eigenvalue weighted by Crippen LogP contribution is -2.50. The Morgan fingerprint density at radius 3 is 2.26 bits per heavy atom. The topological polar surface area (TPSA) is 105 Å². The van der Waals surface area contributed by atoms with Crippen molar-refractivity contribution < 1.29 is 24.3 Å². The Hall–Kier alpha value is -2.36. The molecule has 0 aliphatic carbocycles. The second kappa shape index (κ2) is 14.1. The van der Waals surface area contributed by atoms with Crippen molar-refractivity contribution in [3.63, 3.8) is 0 Å². The van der Waals surface area contributed by atoms with E-state index in [9.17, 15) is 19.6 Å². The molecule has 3 N–H and O–H groups in total. The molecule has 2 aromatic rings. The van der Waals surface area contributed by atoms with E-state index in [1.54, 1.807) is 30.7 Å². The maximum absolute atomic E-state index is 13.5. The van der Waals surface area contributed by atoms with Gasteiger partial charge in [0.1, 0.15) is 6.04 Å². The van der Waals surface area contributed by atoms with Crippen molar-refractivity contribution in [2.24, 2.45) is 17.8 Å². The summed E-state index contributed by atoms with van der Waals surface area (Å²) in [4.78, 5) is 38.9. The molecule has 2 amide bonds. The summed E-state index contributed by atoms with van der Waals surface area (Å²) in [5.74, 6) is -2.62. The number of hydroxylamine groups is 1. The predicted octanol–water partition coefficient (Wildman–Crippen LogP) is 4.30. The number of benzene rings is 1. The lowest BCUT2D eigenvalue weighted by Gasteiger charge is -2.28. The molecule has 186 valence electrons. The summed E-state index contributed by atoms with van der Waals surface area (Å²) >= 11 is 3.01. The molecule has 9 heteroatoms. The third-order valence-electron chi connectivity index (χ3n) is 5.13. The van der Waals surface area contributed by atoms with Crippen molar-refractivity contribution in [2.75, 3.05) is 5.75 Å². The van der Waals surface area contributed by atoms with Gasteiger partial charge < -0.3 is 10.1 Å². The monoisotopic (exact) mass is 506 g/mol. The number of amides is 2. The summed E-state index contributed by atoms with van der Waals surface area (Å²) in [6.07, 6.45) is 0.365. The third kappa shape index (κ3) is 9.12. The van der Waals surface area contributed by atoms with Crippen LogP contribution in [0.4, 0.5) is 0 Å². The lowest BCUT2D eigenvalue weighted by atomic mass is 9.84. The largest absolute Gasteiger partial charge is 0.461 e. The highest BCUT2D eigenvalue weighted by Gasteiger charge is 2.36. The number of hydrogen-bond donors (Lipinski definition) is 3. The number of rotatable bonds is 13. The number of hydrogen-bond acceptors (Lipinski definition) is 7. The number of thioether (sulfide) groups is 1. The molecule has 0 saturated carbocycles. The van der Waals surface area contributed by atoms with Crippen LogP contribution in [0.15, 0.2) is 52.1 Å². The normalized spacial score (nSPS) is 13.9. The van der Waals surface area contributed by atoms with Gasteiger partial charge >= 0.3 is 5.97 Å². The molecule has 0 aliphatic rings. The van der Waals surface area contributed by atoms with Crippen LogP contribution in [0, 0.1) is 17.8 Å². The van der Waals surface area contributed by atoms with Crippen LogP contribution in [0.2, 0.25) is 0 Å². The second-order valence-electron chi connectivity index (χ2n) is 8.80. The summed E-state index contributed by atoms with van der Waals surface area (Å²) in [7, 11) is 0. The Bertz CT molecular complexity index is 903. The number of ether oxygens (including phenoxy) is 1. The SMILES string of the molecule is CC(C)CC(C(=O)N[C@@H](Cc1ccccc1)C(=O)OC(C)C)[C@H](CSc1cccs1)C(=O)NO. The van der Waals surface area contributed by atoms with Crippen LogP contribution in [-0.2, 0) is 25.5 Å². The Kier molecular flexibility index (Phi) is 11.6. The van der Waals surface area contributed by atoms with Crippen LogP contribution >= 0.6 is 23.1 Å². The second-order valence-corrected chi connectivity index (χ2v) is 11.1. The van der Waals surface area contributed by atoms with Crippen LogP contribution in [0.3, 0.4) is 0 Å². The third-order valence-corrected chi connectivity index (χ3v) is 7.38. The van der Waals surface area contributed by atoms with E-state index in [1.165, 1.54) is 11.8 Å². The average molecular weight is 507 g/mol. The van der Waals surface area contributed by atoms with Gasteiger partial charge in [0.25, 0.3) is 0 Å². The summed E-state index contributed by atoms with van der Waals surface area (Å²) in [6, 6.07) is 12.3. The first-order chi connectivity index (χ1) is 16.2. The highest BCUT2D eigenvalue weighted by molar-refractivity contribution is 8.01. The van der Waals surface area contributed by atoms with Crippen molar-refractivity contribution in [3.8, 4) is 0 Å². The van der Waals surface area contributed by atoms with E-state index >= 15 is 0 Å². The first-order valence-electron chi connectivity index (χ1n) is 11.4. The molecule has 7 nitrogen and oxygen atoms in total. The van der Waals surface area contributed by atoms with Crippen molar-refractivity contribution in [3.05, 3.63) is 53.4 Å². The Labute approximate surface area is 209 Å². The van der Waals surface area contributed by atoms with Crippen molar-refractivity contribution in [2.45, 2.75) is 56.9 Å². The molecule has 0 bridgehead atoms. The van der Waals surface area contributed by atoms with Gasteiger partial charge in [-0.15, -0.1) is 23.1 Å². The van der Waals surface area contributed by atoms with Crippen LogP contribution in [0.25, 0.3) is 0 Å². The van der Waals surface area contributed by atoms with Gasteiger partial charge in [0, 0.05) is 12.2 Å². The fraction of sp³-hybridized carbons (Fsp3) is 0.480. The fourth-order valence-electron chi connectivity index (χ4n) is 3.57. The number of thiophene rings is 1. The Morgan fingerprint density at radius 1 is 1.00 bits per heavy atom. The van der Waals surface area contributed by atoms with Gasteiger partial charge in [0.2, 0.25) is 11.8 Å². The summed E-state index contributed by atoms with van der Waals surface area (Å²) in [5, 5.41) is 14.2. The highest BCUT2D eigenvalue weighted by Crippen LogP contribution is 2.31. The van der Waals surface area contributed by atoms with E-state index in [4.69, 9.17) is 4.74 Å². The van der Waals surface area contributed by atoms with Crippen molar-refractivity contribution >= 4 is 40.9 Å². The zero-order chi connectivity index (χ0) is 25.1. The van der Waals surface area contributed by atoms with Gasteiger partial charge in [-0.1, -0.05) is 50.2 Å². The van der Waals surface area contributed by atoms with E-state index in [-0.39, 0.29) is 18.4 Å². The molecule has 1 aromatic heterocycles. The molecular formula is C25H34N2O5S2. The molecule has 1 unspecified atom stereocenters. The minimum Gasteiger partial charge on any atom is -0.461 e. The number of carbonyl (C=O) groups excluding carboxylic acids is 3. The lowest BCUT2D eigenvalue weighted by molar-refractivity contribution is -0.152. The van der Waals surface area contributed by atoms with Crippen molar-refractivity contribution in [1.82, 2.24) is 10.8 Å². The van der Waals surface area contributed by atoms with E-state index < -0.39 is 35.7 Å². The molecule has 1 aromatic carbocycles. The zero-order valence-electron chi connectivity index (χ0n) is 20.0. The number of esters is 1. The quantitative estimate of drug-likeness (QED) is 0.162. The van der Waals surface area contributed by atoms with Crippen LogP contribution in [0.1, 0.15) is 39.7 Å². The molecule has 34 heavy (non-hydrogen) atoms. The summed E-state index contributed by atoms with van der Waals surface area (Å²) < 4.78 is 6.41. The molecule has 0 fully saturated rings. The number of nitrogens with one attached hydrogen (secondary N) is 2. The molecular weight excluding hydrogens is 472 g/mol. The predicted molar refractivity (Wildman–Crippen MR) is 135 cm³/mol. The minimum absolute atomic E-state index is 0.117. The standard InChI is InChI=1S/C25H34N2O5S2/c1-16(2)13-19(20(24(29)27-31)15-34-22-11-8-12-33-22)23(28)26-21(25(30)32-17(3)4)14-18-9-6-5-7-10-18/h5-12,16-17,19-21,31H,13-15H2,1-4H3,(H,26,28)(H,27,29)/t19?,20-,21-/m0/s1. The molecule has 0 radical (unpaired) electrons. The van der Waals surface area contributed by atoms with E-state index in [0.717, 1.165) is 9.77 Å². The summed E-state index contributed by atoms with van der Waals surface area (Å²) in [5.41, 5.74) is 2.61. The molecule has 0 saturated heterocycles. The maximum Gasteiger partial charge on any atom is 0.329 e. The smallest absolute Gasteiger partial charge is 0.329 e. The molecule has 1 heterocycles. The van der Waals surface area contributed by atoms with E-state index in [0.29, 0.717) is 12.2 Å². The van der Waals surface area contributed by atoms with Gasteiger partial charge in [-0.05, 0) is 43.2 Å². The van der Waals surface area contributed by atoms with E-state index in [2.05, 4.69) is 5.32 Å². The van der Waals surface area contributed by atoms with Crippen LogP contribution in [-0.4, -0.2) is 40.9 Å². The first kappa shape index (κ1) is 27.9. The Balaban J connectivity index is 2.26. The molecule has 3 atom stereocenters. The fourth-order valence-corrected chi connectivity index (χ4v) is 5.57. The Morgan fingerprint density at radius 2 is 1.71 bits per heavy atom. The average Bonchev–Trinajstić information content (AvgIpc) is 3.31. The zero-order valence-corrected chi connectivity index (χ0v) is 21.7. The van der Waals surface area contributed by atoms with Crippen LogP contribution in [0.5, 0.6) is 0 Å². The first-order valence-corrected chi connectivity index (χ1v) is 13.2. The van der Waals surface area contributed by atoms with Crippen LogP contribution < -0.4 is 10.8 Å². The molecule has 2 rings (SSSR count).